The van der Waals surface area contributed by atoms with Gasteiger partial charge in [0.2, 0.25) is 0 Å². The van der Waals surface area contributed by atoms with Gasteiger partial charge in [-0.2, -0.15) is 0 Å². The number of rotatable bonds is 4. The Hall–Kier alpha value is -0.770. The van der Waals surface area contributed by atoms with Gasteiger partial charge in [0.25, 0.3) is 0 Å². The smallest absolute Gasteiger partial charge is 0.410 e. The first-order chi connectivity index (χ1) is 8.65. The fourth-order valence-electron chi connectivity index (χ4n) is 2.79. The number of nitrogens with one attached hydrogen (secondary N) is 1. The van der Waals surface area contributed by atoms with Gasteiger partial charge in [0.05, 0.1) is 0 Å². The fraction of sp³-hybridized carbons (Fsp3) is 0.933. The molecule has 0 saturated carbocycles. The molecule has 0 aliphatic carbocycles. The van der Waals surface area contributed by atoms with Crippen molar-refractivity contribution in [1.29, 1.82) is 0 Å². The van der Waals surface area contributed by atoms with E-state index in [0.29, 0.717) is 5.92 Å². The normalized spacial score (nSPS) is 22.6. The second kappa shape index (κ2) is 6.12. The number of likely N-dealkylation sites (tertiary alicyclic amines) is 1. The number of hydrogen-bond acceptors (Lipinski definition) is 3. The summed E-state index contributed by atoms with van der Waals surface area (Å²) in [6.45, 7) is 11.9. The number of hydrogen-bond donors (Lipinski definition) is 1. The van der Waals surface area contributed by atoms with E-state index in [1.807, 2.05) is 32.7 Å². The van der Waals surface area contributed by atoms with Crippen molar-refractivity contribution in [3.63, 3.8) is 0 Å². The topological polar surface area (TPSA) is 41.6 Å². The zero-order valence-electron chi connectivity index (χ0n) is 13.4. The van der Waals surface area contributed by atoms with Crippen molar-refractivity contribution in [2.24, 2.45) is 5.92 Å². The van der Waals surface area contributed by atoms with E-state index in [0.717, 1.165) is 19.5 Å². The third-order valence-electron chi connectivity index (χ3n) is 3.61. The van der Waals surface area contributed by atoms with Crippen LogP contribution < -0.4 is 5.32 Å². The minimum atomic E-state index is -0.419. The summed E-state index contributed by atoms with van der Waals surface area (Å²) < 4.78 is 5.51. The van der Waals surface area contributed by atoms with E-state index in [4.69, 9.17) is 4.74 Å². The van der Waals surface area contributed by atoms with Gasteiger partial charge in [-0.15, -0.1) is 0 Å². The summed E-state index contributed by atoms with van der Waals surface area (Å²) in [5.74, 6) is 0.593. The second-order valence-corrected chi connectivity index (χ2v) is 7.22. The molecule has 1 rings (SSSR count). The van der Waals surface area contributed by atoms with Crippen LogP contribution in [-0.2, 0) is 4.74 Å². The van der Waals surface area contributed by atoms with E-state index >= 15 is 0 Å². The monoisotopic (exact) mass is 270 g/mol. The molecule has 1 heterocycles. The first kappa shape index (κ1) is 16.3. The molecule has 112 valence electrons. The van der Waals surface area contributed by atoms with Gasteiger partial charge in [-0.25, -0.2) is 4.79 Å². The molecule has 0 bridgehead atoms. The van der Waals surface area contributed by atoms with Crippen LogP contribution in [-0.4, -0.2) is 42.3 Å². The first-order valence-corrected chi connectivity index (χ1v) is 7.31. The van der Waals surface area contributed by atoms with Gasteiger partial charge in [0, 0.05) is 12.1 Å². The average molecular weight is 270 g/mol. The van der Waals surface area contributed by atoms with Crippen LogP contribution in [0.2, 0.25) is 0 Å². The third-order valence-corrected chi connectivity index (χ3v) is 3.61. The summed E-state index contributed by atoms with van der Waals surface area (Å²) in [7, 11) is 1.98. The van der Waals surface area contributed by atoms with Crippen LogP contribution in [0.3, 0.4) is 0 Å². The molecule has 0 unspecified atom stereocenters. The number of carbonyl (C=O) groups is 1. The largest absolute Gasteiger partial charge is 0.444 e. The number of nitrogens with zero attached hydrogens (tertiary/aromatic N) is 1. The van der Waals surface area contributed by atoms with Gasteiger partial charge >= 0.3 is 6.09 Å². The van der Waals surface area contributed by atoms with Crippen molar-refractivity contribution in [2.75, 3.05) is 20.1 Å². The molecule has 1 aliphatic rings. The highest BCUT2D eigenvalue weighted by Crippen LogP contribution is 2.35. The maximum Gasteiger partial charge on any atom is 0.410 e. The molecule has 1 amide bonds. The van der Waals surface area contributed by atoms with E-state index in [1.165, 1.54) is 12.8 Å². The molecular formula is C15H30N2O2. The molecule has 0 radical (unpaired) electrons. The van der Waals surface area contributed by atoms with E-state index < -0.39 is 5.60 Å². The van der Waals surface area contributed by atoms with Gasteiger partial charge < -0.3 is 15.0 Å². The lowest BCUT2D eigenvalue weighted by Gasteiger charge is -2.33. The van der Waals surface area contributed by atoms with Gasteiger partial charge in [-0.1, -0.05) is 0 Å². The standard InChI is InChI=1S/C15H30N2O2/c1-14(2,3)19-13(18)17-11-12(8-7-9-16-6)10-15(17,4)5/h12,16H,7-11H2,1-6H3/t12-/m0/s1. The molecule has 4 nitrogen and oxygen atoms in total. The van der Waals surface area contributed by atoms with Crippen LogP contribution in [0.25, 0.3) is 0 Å². The Kier molecular flexibility index (Phi) is 5.25. The Morgan fingerprint density at radius 3 is 2.58 bits per heavy atom. The third kappa shape index (κ3) is 5.01. The average Bonchev–Trinajstić information content (AvgIpc) is 2.51. The Labute approximate surface area is 117 Å². The van der Waals surface area contributed by atoms with Crippen molar-refractivity contribution in [3.05, 3.63) is 0 Å². The van der Waals surface area contributed by atoms with Gasteiger partial charge in [-0.3, -0.25) is 0 Å². The van der Waals surface area contributed by atoms with Gasteiger partial charge in [0.15, 0.2) is 0 Å². The molecule has 0 aromatic rings. The van der Waals surface area contributed by atoms with Crippen LogP contribution >= 0.6 is 0 Å². The lowest BCUT2D eigenvalue weighted by atomic mass is 9.93. The quantitative estimate of drug-likeness (QED) is 0.798. The molecule has 1 fully saturated rings. The van der Waals surface area contributed by atoms with Gasteiger partial charge in [0.1, 0.15) is 5.60 Å². The Balaban J connectivity index is 2.56. The molecular weight excluding hydrogens is 240 g/mol. The van der Waals surface area contributed by atoms with Crippen LogP contribution in [0.5, 0.6) is 0 Å². The van der Waals surface area contributed by atoms with E-state index in [-0.39, 0.29) is 11.6 Å². The van der Waals surface area contributed by atoms with Crippen molar-refractivity contribution >= 4 is 6.09 Å². The summed E-state index contributed by atoms with van der Waals surface area (Å²) in [6.07, 6.45) is 3.23. The summed E-state index contributed by atoms with van der Waals surface area (Å²) >= 11 is 0. The first-order valence-electron chi connectivity index (χ1n) is 7.31. The predicted octanol–water partition coefficient (Wildman–Crippen LogP) is 3.02. The molecule has 0 spiro atoms. The fourth-order valence-corrected chi connectivity index (χ4v) is 2.79. The highest BCUT2D eigenvalue weighted by molar-refractivity contribution is 5.69. The maximum absolute atomic E-state index is 12.2. The maximum atomic E-state index is 12.2. The zero-order valence-corrected chi connectivity index (χ0v) is 13.4. The summed E-state index contributed by atoms with van der Waals surface area (Å²) in [5, 5.41) is 3.17. The molecule has 1 aliphatic heterocycles. The second-order valence-electron chi connectivity index (χ2n) is 7.22. The number of carbonyl (C=O) groups excluding carboxylic acids is 1. The molecule has 0 aromatic heterocycles. The number of ether oxygens (including phenoxy) is 1. The Morgan fingerprint density at radius 1 is 1.42 bits per heavy atom. The molecule has 19 heavy (non-hydrogen) atoms. The summed E-state index contributed by atoms with van der Waals surface area (Å²) in [5.41, 5.74) is -0.510. The minimum Gasteiger partial charge on any atom is -0.444 e. The highest BCUT2D eigenvalue weighted by Gasteiger charge is 2.42. The van der Waals surface area contributed by atoms with Crippen LogP contribution in [0, 0.1) is 5.92 Å². The molecule has 1 atom stereocenters. The highest BCUT2D eigenvalue weighted by atomic mass is 16.6. The van der Waals surface area contributed by atoms with Crippen LogP contribution in [0.15, 0.2) is 0 Å². The molecule has 0 aromatic carbocycles. The van der Waals surface area contributed by atoms with Crippen LogP contribution in [0.1, 0.15) is 53.9 Å². The van der Waals surface area contributed by atoms with Crippen molar-refractivity contribution < 1.29 is 9.53 Å². The lowest BCUT2D eigenvalue weighted by molar-refractivity contribution is 0.0131. The molecule has 1 N–H and O–H groups in total. The minimum absolute atomic E-state index is 0.0906. The Morgan fingerprint density at radius 2 is 2.05 bits per heavy atom. The summed E-state index contributed by atoms with van der Waals surface area (Å²) in [4.78, 5) is 14.1. The van der Waals surface area contributed by atoms with E-state index in [9.17, 15) is 4.79 Å². The number of amides is 1. The van der Waals surface area contributed by atoms with Crippen LogP contribution in [0.4, 0.5) is 4.79 Å². The van der Waals surface area contributed by atoms with Crippen molar-refractivity contribution in [2.45, 2.75) is 65.0 Å². The zero-order chi connectivity index (χ0) is 14.7. The van der Waals surface area contributed by atoms with Gasteiger partial charge in [-0.05, 0) is 73.4 Å². The van der Waals surface area contributed by atoms with E-state index in [1.54, 1.807) is 0 Å². The molecule has 1 saturated heterocycles. The molecule has 4 heteroatoms. The SMILES string of the molecule is CNCCC[C@@H]1CN(C(=O)OC(C)(C)C)C(C)(C)C1. The summed E-state index contributed by atoms with van der Waals surface area (Å²) in [6, 6.07) is 0. The van der Waals surface area contributed by atoms with Crippen molar-refractivity contribution in [3.8, 4) is 0 Å². The van der Waals surface area contributed by atoms with Crippen molar-refractivity contribution in [1.82, 2.24) is 10.2 Å². The lowest BCUT2D eigenvalue weighted by Crippen LogP contribution is -2.45. The van der Waals surface area contributed by atoms with E-state index in [2.05, 4.69) is 19.2 Å². The predicted molar refractivity (Wildman–Crippen MR) is 78.3 cm³/mol. The Bertz CT molecular complexity index is 308.